The van der Waals surface area contributed by atoms with Gasteiger partial charge in [-0.3, -0.25) is 9.59 Å². The number of carbonyl (C=O) groups is 2. The predicted molar refractivity (Wildman–Crippen MR) is 99.0 cm³/mol. The van der Waals surface area contributed by atoms with Crippen LogP contribution in [-0.2, 0) is 14.3 Å². The highest BCUT2D eigenvalue weighted by molar-refractivity contribution is 5.83. The van der Waals surface area contributed by atoms with E-state index in [1.807, 2.05) is 18.2 Å². The van der Waals surface area contributed by atoms with Gasteiger partial charge in [0, 0.05) is 36.9 Å². The lowest BCUT2D eigenvalue weighted by molar-refractivity contribution is -0.242. The average molecular weight is 370 g/mol. The first-order valence-corrected chi connectivity index (χ1v) is 9.97. The minimum absolute atomic E-state index is 0.0175. The maximum Gasteiger partial charge on any atom is 0.302 e. The summed E-state index contributed by atoms with van der Waals surface area (Å²) in [7, 11) is 0. The number of benzene rings is 1. The number of anilines is 1. The summed E-state index contributed by atoms with van der Waals surface area (Å²) in [5.74, 6) is -0.283. The van der Waals surface area contributed by atoms with Gasteiger partial charge in [0.25, 0.3) is 0 Å². The Hall–Kier alpha value is -2.08. The Bertz CT molecular complexity index is 826. The number of hydrogen-bond donors (Lipinski definition) is 2. The maximum atomic E-state index is 13.1. The zero-order valence-corrected chi connectivity index (χ0v) is 15.7. The number of nitrogens with zero attached hydrogens (tertiary/aromatic N) is 1. The first kappa shape index (κ1) is 17.0. The molecule has 0 unspecified atom stereocenters. The molecule has 1 aliphatic carbocycles. The fourth-order valence-corrected chi connectivity index (χ4v) is 6.59. The number of hydrogen-bond acceptors (Lipinski definition) is 5. The molecule has 27 heavy (non-hydrogen) atoms. The summed E-state index contributed by atoms with van der Waals surface area (Å²) in [5.41, 5.74) is -0.0739. The van der Waals surface area contributed by atoms with Gasteiger partial charge in [-0.25, -0.2) is 0 Å². The predicted octanol–water partition coefficient (Wildman–Crippen LogP) is 2.38. The molecule has 144 valence electrons. The number of esters is 1. The monoisotopic (exact) mass is 370 g/mol. The Kier molecular flexibility index (Phi) is 3.46. The first-order chi connectivity index (χ1) is 12.9. The number of nitrogens with one attached hydrogen (secondary N) is 1. The second-order valence-electron chi connectivity index (χ2n) is 8.63. The third-order valence-electron chi connectivity index (χ3n) is 7.64. The molecule has 1 aromatic carbocycles. The summed E-state index contributed by atoms with van der Waals surface area (Å²) in [5, 5.41) is 16.0. The Balaban J connectivity index is 1.61. The highest BCUT2D eigenvalue weighted by Gasteiger charge is 2.77. The van der Waals surface area contributed by atoms with Crippen molar-refractivity contribution >= 4 is 17.6 Å². The Labute approximate surface area is 158 Å². The van der Waals surface area contributed by atoms with Crippen molar-refractivity contribution in [3.8, 4) is 0 Å². The molecule has 1 saturated carbocycles. The van der Waals surface area contributed by atoms with Crippen molar-refractivity contribution in [3.05, 3.63) is 29.8 Å². The van der Waals surface area contributed by atoms with Gasteiger partial charge in [0.15, 0.2) is 5.72 Å². The Morgan fingerprint density at radius 3 is 2.96 bits per heavy atom. The fourth-order valence-electron chi connectivity index (χ4n) is 6.59. The lowest BCUT2D eigenvalue weighted by atomic mass is 9.61. The number of carbonyl (C=O) groups excluding carboxylic acids is 2. The minimum Gasteiger partial charge on any atom is -0.466 e. The van der Waals surface area contributed by atoms with E-state index in [0.29, 0.717) is 19.4 Å². The number of piperidine rings is 2. The summed E-state index contributed by atoms with van der Waals surface area (Å²) in [6, 6.07) is 8.12. The van der Waals surface area contributed by atoms with Gasteiger partial charge in [-0.2, -0.15) is 0 Å². The van der Waals surface area contributed by atoms with Crippen LogP contribution in [-0.4, -0.2) is 46.3 Å². The molecule has 3 fully saturated rings. The summed E-state index contributed by atoms with van der Waals surface area (Å²) in [6.07, 6.45) is 4.38. The molecular weight excluding hydrogens is 344 g/mol. The van der Waals surface area contributed by atoms with Gasteiger partial charge in [0.2, 0.25) is 5.91 Å². The third kappa shape index (κ3) is 1.94. The zero-order chi connectivity index (χ0) is 18.9. The molecule has 5 rings (SSSR count). The van der Waals surface area contributed by atoms with Crippen LogP contribution in [0.3, 0.4) is 0 Å². The molecule has 4 atom stereocenters. The van der Waals surface area contributed by atoms with E-state index in [1.165, 1.54) is 6.92 Å². The number of ether oxygens (including phenoxy) is 1. The van der Waals surface area contributed by atoms with Crippen molar-refractivity contribution in [1.29, 1.82) is 0 Å². The van der Waals surface area contributed by atoms with E-state index < -0.39 is 16.7 Å². The number of fused-ring (bicyclic) bond motifs is 2. The molecule has 0 aromatic heterocycles. The Morgan fingerprint density at radius 2 is 2.15 bits per heavy atom. The van der Waals surface area contributed by atoms with Crippen molar-refractivity contribution in [2.24, 2.45) is 5.41 Å². The van der Waals surface area contributed by atoms with Crippen LogP contribution in [0.15, 0.2) is 24.3 Å². The maximum absolute atomic E-state index is 13.1. The fraction of sp³-hybridized carbons (Fsp3) is 0.619. The molecule has 3 aliphatic heterocycles. The molecule has 6 nitrogen and oxygen atoms in total. The molecule has 2 N–H and O–H groups in total. The minimum atomic E-state index is -1.25. The molecule has 1 aromatic rings. The number of amides is 1. The van der Waals surface area contributed by atoms with Gasteiger partial charge < -0.3 is 20.1 Å². The van der Waals surface area contributed by atoms with E-state index in [1.54, 1.807) is 4.90 Å². The SMILES string of the molecule is CC(=O)OCC[C@@]12CCCN3C(=O)C[C@@H]4c5ccccc5N[C@]4(CC1)[C@]32O. The van der Waals surface area contributed by atoms with Gasteiger partial charge in [-0.1, -0.05) is 18.2 Å². The molecule has 1 spiro atoms. The van der Waals surface area contributed by atoms with E-state index in [9.17, 15) is 14.7 Å². The first-order valence-electron chi connectivity index (χ1n) is 9.97. The molecule has 0 bridgehead atoms. The molecule has 6 heteroatoms. The van der Waals surface area contributed by atoms with E-state index in [-0.39, 0.29) is 24.4 Å². The third-order valence-corrected chi connectivity index (χ3v) is 7.64. The van der Waals surface area contributed by atoms with Crippen LogP contribution in [0.5, 0.6) is 0 Å². The molecule has 2 saturated heterocycles. The van der Waals surface area contributed by atoms with Crippen LogP contribution in [0, 0.1) is 5.41 Å². The van der Waals surface area contributed by atoms with Crippen LogP contribution in [0.4, 0.5) is 5.69 Å². The summed E-state index contributed by atoms with van der Waals surface area (Å²) >= 11 is 0. The van der Waals surface area contributed by atoms with Gasteiger partial charge in [0.1, 0.15) is 0 Å². The van der Waals surface area contributed by atoms with E-state index in [0.717, 1.165) is 36.9 Å². The topological polar surface area (TPSA) is 78.9 Å². The van der Waals surface area contributed by atoms with Crippen LogP contribution in [0.25, 0.3) is 0 Å². The normalized spacial score (nSPS) is 38.7. The largest absolute Gasteiger partial charge is 0.466 e. The highest BCUT2D eigenvalue weighted by Crippen LogP contribution is 2.69. The zero-order valence-electron chi connectivity index (χ0n) is 15.7. The summed E-state index contributed by atoms with van der Waals surface area (Å²) < 4.78 is 5.24. The van der Waals surface area contributed by atoms with Gasteiger partial charge in [0.05, 0.1) is 12.1 Å². The molecule has 0 radical (unpaired) electrons. The Morgan fingerprint density at radius 1 is 1.33 bits per heavy atom. The smallest absolute Gasteiger partial charge is 0.302 e. The van der Waals surface area contributed by atoms with Crippen molar-refractivity contribution < 1.29 is 19.4 Å². The summed E-state index contributed by atoms with van der Waals surface area (Å²) in [4.78, 5) is 26.1. The molecule has 1 amide bonds. The lowest BCUT2D eigenvalue weighted by Crippen LogP contribution is -2.77. The molecule has 4 aliphatic rings. The van der Waals surface area contributed by atoms with Crippen molar-refractivity contribution in [1.82, 2.24) is 4.90 Å². The average Bonchev–Trinajstić information content (AvgIpc) is 3.09. The van der Waals surface area contributed by atoms with Crippen LogP contribution in [0.2, 0.25) is 0 Å². The number of aliphatic hydroxyl groups is 1. The van der Waals surface area contributed by atoms with E-state index in [4.69, 9.17) is 4.74 Å². The summed E-state index contributed by atoms with van der Waals surface area (Å²) in [6.45, 7) is 2.29. The van der Waals surface area contributed by atoms with Crippen LogP contribution >= 0.6 is 0 Å². The van der Waals surface area contributed by atoms with Crippen molar-refractivity contribution in [2.75, 3.05) is 18.5 Å². The second-order valence-corrected chi connectivity index (χ2v) is 8.63. The lowest BCUT2D eigenvalue weighted by Gasteiger charge is -2.62. The van der Waals surface area contributed by atoms with Crippen molar-refractivity contribution in [3.63, 3.8) is 0 Å². The quantitative estimate of drug-likeness (QED) is 0.799. The molecular formula is C21H26N2O4. The number of rotatable bonds is 3. The number of para-hydroxylation sites is 1. The van der Waals surface area contributed by atoms with Gasteiger partial charge in [-0.05, 0) is 43.7 Å². The van der Waals surface area contributed by atoms with Crippen molar-refractivity contribution in [2.45, 2.75) is 62.6 Å². The van der Waals surface area contributed by atoms with Crippen LogP contribution < -0.4 is 5.32 Å². The molecule has 3 heterocycles. The standard InChI is InChI=1S/C21H26N2O4/c1-14(24)27-12-10-19-7-4-11-23-18(25)13-16-15-5-2-3-6-17(15)22-20(16,9-8-19)21(19,23)26/h2-3,5-6,16,22,26H,4,7-13H2,1H3/t16-,19-,20+,21+/m1/s1. The van der Waals surface area contributed by atoms with Crippen LogP contribution in [0.1, 0.15) is 56.9 Å². The van der Waals surface area contributed by atoms with E-state index >= 15 is 0 Å². The highest BCUT2D eigenvalue weighted by atomic mass is 16.5. The van der Waals surface area contributed by atoms with Gasteiger partial charge >= 0.3 is 5.97 Å². The van der Waals surface area contributed by atoms with E-state index in [2.05, 4.69) is 11.4 Å². The van der Waals surface area contributed by atoms with Gasteiger partial charge in [-0.15, -0.1) is 0 Å². The second kappa shape index (κ2) is 5.47.